The van der Waals surface area contributed by atoms with Crippen molar-refractivity contribution >= 4 is 5.97 Å². The number of benzene rings is 2. The summed E-state index contributed by atoms with van der Waals surface area (Å²) in [4.78, 5) is 11.6. The molecule has 0 amide bonds. The standard InChI is InChI=1S/C21H20O3/c1-4-15-12-19(16-8-5-13(2)6-9-16)24-20(15)18-11-14(3)7-10-17(18)21(22)23/h5-11,19-20H,1,12H2,2-3H3,(H,22,23). The van der Waals surface area contributed by atoms with Gasteiger partial charge in [0, 0.05) is 17.6 Å². The predicted octanol–water partition coefficient (Wildman–Crippen LogP) is 4.92. The van der Waals surface area contributed by atoms with Gasteiger partial charge in [0.1, 0.15) is 6.10 Å². The summed E-state index contributed by atoms with van der Waals surface area (Å²) >= 11 is 0. The van der Waals surface area contributed by atoms with Gasteiger partial charge in [0.05, 0.1) is 11.7 Å². The molecule has 3 heteroatoms. The number of hydrogen-bond acceptors (Lipinski definition) is 2. The van der Waals surface area contributed by atoms with Crippen LogP contribution in [0.4, 0.5) is 0 Å². The summed E-state index contributed by atoms with van der Waals surface area (Å²) < 4.78 is 6.22. The molecule has 2 aromatic carbocycles. The van der Waals surface area contributed by atoms with E-state index in [9.17, 15) is 9.90 Å². The smallest absolute Gasteiger partial charge is 0.336 e. The Morgan fingerprint density at radius 3 is 2.46 bits per heavy atom. The Kier molecular flexibility index (Phi) is 4.39. The first kappa shape index (κ1) is 16.3. The molecule has 1 N–H and O–H groups in total. The first-order valence-corrected chi connectivity index (χ1v) is 7.94. The van der Waals surface area contributed by atoms with Crippen LogP contribution in [0.3, 0.4) is 0 Å². The highest BCUT2D eigenvalue weighted by molar-refractivity contribution is 5.89. The van der Waals surface area contributed by atoms with Crippen molar-refractivity contribution in [2.24, 2.45) is 0 Å². The number of ether oxygens (including phenoxy) is 1. The molecule has 0 saturated carbocycles. The molecule has 1 fully saturated rings. The van der Waals surface area contributed by atoms with Gasteiger partial charge >= 0.3 is 5.97 Å². The molecule has 1 aliphatic rings. The quantitative estimate of drug-likeness (QED) is 0.817. The molecule has 1 saturated heterocycles. The number of carbonyl (C=O) groups is 1. The van der Waals surface area contributed by atoms with Crippen LogP contribution in [0.5, 0.6) is 0 Å². The Morgan fingerprint density at radius 2 is 1.83 bits per heavy atom. The molecule has 2 aromatic rings. The van der Waals surface area contributed by atoms with Crippen LogP contribution in [0.15, 0.2) is 60.3 Å². The van der Waals surface area contributed by atoms with Crippen LogP contribution in [-0.4, -0.2) is 11.1 Å². The molecule has 0 radical (unpaired) electrons. The predicted molar refractivity (Wildman–Crippen MR) is 93.2 cm³/mol. The van der Waals surface area contributed by atoms with Crippen molar-refractivity contribution in [1.29, 1.82) is 0 Å². The summed E-state index contributed by atoms with van der Waals surface area (Å²) in [5, 5.41) is 9.49. The minimum atomic E-state index is -0.948. The Balaban J connectivity index is 2.00. The van der Waals surface area contributed by atoms with Crippen molar-refractivity contribution in [3.63, 3.8) is 0 Å². The number of aryl methyl sites for hydroxylation is 2. The average molecular weight is 320 g/mol. The van der Waals surface area contributed by atoms with Crippen molar-refractivity contribution in [2.75, 3.05) is 0 Å². The maximum absolute atomic E-state index is 11.6. The van der Waals surface area contributed by atoms with Gasteiger partial charge in [0.2, 0.25) is 0 Å². The largest absolute Gasteiger partial charge is 0.478 e. The van der Waals surface area contributed by atoms with Gasteiger partial charge in [0.25, 0.3) is 0 Å². The molecule has 0 aliphatic carbocycles. The van der Waals surface area contributed by atoms with Gasteiger partial charge in [-0.05, 0) is 25.5 Å². The van der Waals surface area contributed by atoms with Crippen LogP contribution < -0.4 is 0 Å². The first-order chi connectivity index (χ1) is 11.5. The molecule has 24 heavy (non-hydrogen) atoms. The van der Waals surface area contributed by atoms with E-state index in [0.717, 1.165) is 16.7 Å². The third-order valence-corrected chi connectivity index (χ3v) is 4.42. The first-order valence-electron chi connectivity index (χ1n) is 7.94. The molecular weight excluding hydrogens is 300 g/mol. The lowest BCUT2D eigenvalue weighted by molar-refractivity contribution is 0.0492. The Bertz CT molecular complexity index is 827. The third-order valence-electron chi connectivity index (χ3n) is 4.42. The van der Waals surface area contributed by atoms with Crippen LogP contribution in [-0.2, 0) is 4.74 Å². The number of rotatable bonds is 3. The van der Waals surface area contributed by atoms with Crippen LogP contribution in [0.25, 0.3) is 0 Å². The lowest BCUT2D eigenvalue weighted by Crippen LogP contribution is -2.08. The highest BCUT2D eigenvalue weighted by Gasteiger charge is 2.34. The van der Waals surface area contributed by atoms with Crippen LogP contribution in [0, 0.1) is 13.8 Å². The van der Waals surface area contributed by atoms with Gasteiger partial charge in [-0.1, -0.05) is 54.1 Å². The van der Waals surface area contributed by atoms with Crippen LogP contribution in [0.1, 0.15) is 51.2 Å². The summed E-state index contributed by atoms with van der Waals surface area (Å²) in [6.45, 7) is 7.76. The Hall–Kier alpha value is -2.61. The molecule has 122 valence electrons. The van der Waals surface area contributed by atoms with Crippen molar-refractivity contribution < 1.29 is 14.6 Å². The molecule has 1 aliphatic heterocycles. The van der Waals surface area contributed by atoms with Crippen molar-refractivity contribution in [1.82, 2.24) is 0 Å². The lowest BCUT2D eigenvalue weighted by Gasteiger charge is -2.17. The Morgan fingerprint density at radius 1 is 1.17 bits per heavy atom. The van der Waals surface area contributed by atoms with Gasteiger partial charge in [-0.2, -0.15) is 0 Å². The zero-order valence-electron chi connectivity index (χ0n) is 13.9. The summed E-state index contributed by atoms with van der Waals surface area (Å²) in [5.74, 6) is -0.948. The Labute approximate surface area is 141 Å². The van der Waals surface area contributed by atoms with E-state index in [1.807, 2.05) is 19.9 Å². The summed E-state index contributed by atoms with van der Waals surface area (Å²) in [6.07, 6.45) is 0.145. The maximum Gasteiger partial charge on any atom is 0.336 e. The highest BCUT2D eigenvalue weighted by Crippen LogP contribution is 2.45. The van der Waals surface area contributed by atoms with Crippen LogP contribution >= 0.6 is 0 Å². The number of carboxylic acid groups (broad SMARTS) is 1. The molecule has 3 nitrogen and oxygen atoms in total. The second-order valence-electron chi connectivity index (χ2n) is 6.22. The molecule has 2 atom stereocenters. The van der Waals surface area contributed by atoms with E-state index in [1.54, 1.807) is 12.1 Å². The molecular formula is C21H20O3. The van der Waals surface area contributed by atoms with Gasteiger partial charge in [-0.15, -0.1) is 5.73 Å². The minimum absolute atomic E-state index is 0.109. The molecule has 3 rings (SSSR count). The monoisotopic (exact) mass is 320 g/mol. The lowest BCUT2D eigenvalue weighted by atomic mass is 9.94. The van der Waals surface area contributed by atoms with Crippen molar-refractivity contribution in [3.05, 3.63) is 88.2 Å². The van der Waals surface area contributed by atoms with E-state index in [-0.39, 0.29) is 11.7 Å². The van der Waals surface area contributed by atoms with E-state index in [1.165, 1.54) is 5.56 Å². The topological polar surface area (TPSA) is 46.5 Å². The number of aromatic carboxylic acids is 1. The molecule has 0 spiro atoms. The number of hydrogen-bond donors (Lipinski definition) is 1. The van der Waals surface area contributed by atoms with Crippen molar-refractivity contribution in [2.45, 2.75) is 32.5 Å². The summed E-state index contributed by atoms with van der Waals surface area (Å²) in [6, 6.07) is 13.5. The SMILES string of the molecule is C=C=C1CC(c2ccc(C)cc2)OC1c1cc(C)ccc1C(=O)O. The zero-order valence-corrected chi connectivity index (χ0v) is 13.9. The average Bonchev–Trinajstić information content (AvgIpc) is 2.99. The number of carboxylic acids is 1. The molecule has 2 unspecified atom stereocenters. The van der Waals surface area contributed by atoms with Gasteiger partial charge in [0.15, 0.2) is 0 Å². The fraction of sp³-hybridized carbons (Fsp3) is 0.238. The molecule has 0 bridgehead atoms. The summed E-state index contributed by atoms with van der Waals surface area (Å²) in [5.41, 5.74) is 8.07. The van der Waals surface area contributed by atoms with E-state index < -0.39 is 12.1 Å². The maximum atomic E-state index is 11.6. The zero-order chi connectivity index (χ0) is 17.3. The second kappa shape index (κ2) is 6.48. The fourth-order valence-corrected chi connectivity index (χ4v) is 3.10. The summed E-state index contributed by atoms with van der Waals surface area (Å²) in [7, 11) is 0. The second-order valence-corrected chi connectivity index (χ2v) is 6.22. The van der Waals surface area contributed by atoms with E-state index in [4.69, 9.17) is 4.74 Å². The van der Waals surface area contributed by atoms with E-state index >= 15 is 0 Å². The van der Waals surface area contributed by atoms with E-state index in [2.05, 4.69) is 36.6 Å². The van der Waals surface area contributed by atoms with Crippen molar-refractivity contribution in [3.8, 4) is 0 Å². The van der Waals surface area contributed by atoms with E-state index in [0.29, 0.717) is 12.0 Å². The van der Waals surface area contributed by atoms with Gasteiger partial charge < -0.3 is 9.84 Å². The molecule has 0 aromatic heterocycles. The normalized spacial score (nSPS) is 20.0. The third kappa shape index (κ3) is 3.05. The van der Waals surface area contributed by atoms with Gasteiger partial charge in [-0.25, -0.2) is 4.79 Å². The van der Waals surface area contributed by atoms with Gasteiger partial charge in [-0.3, -0.25) is 0 Å². The van der Waals surface area contributed by atoms with Crippen LogP contribution in [0.2, 0.25) is 0 Å². The fourth-order valence-electron chi connectivity index (χ4n) is 3.10. The minimum Gasteiger partial charge on any atom is -0.478 e. The highest BCUT2D eigenvalue weighted by atomic mass is 16.5. The molecule has 1 heterocycles.